The molecule has 1 saturated heterocycles. The van der Waals surface area contributed by atoms with Crippen LogP contribution in [0.3, 0.4) is 0 Å². The molecule has 10 heteroatoms. The summed E-state index contributed by atoms with van der Waals surface area (Å²) in [5, 5.41) is 13.1. The van der Waals surface area contributed by atoms with Crippen molar-refractivity contribution < 1.29 is 14.3 Å². The molecule has 0 bridgehead atoms. The summed E-state index contributed by atoms with van der Waals surface area (Å²) < 4.78 is 9.88. The second-order valence-electron chi connectivity index (χ2n) is 11.4. The summed E-state index contributed by atoms with van der Waals surface area (Å²) in [4.78, 5) is 31.4. The lowest BCUT2D eigenvalue weighted by Gasteiger charge is -2.55. The number of carbonyl (C=O) groups excluding carboxylic acids is 2. The lowest BCUT2D eigenvalue weighted by Crippen LogP contribution is -2.60. The Bertz CT molecular complexity index is 1560. The Morgan fingerprint density at radius 3 is 2.79 bits per heavy atom. The van der Waals surface area contributed by atoms with Gasteiger partial charge in [-0.2, -0.15) is 10.2 Å². The van der Waals surface area contributed by atoms with Crippen molar-refractivity contribution in [2.45, 2.75) is 58.1 Å². The molecule has 0 unspecified atom stereocenters. The summed E-state index contributed by atoms with van der Waals surface area (Å²) in [5.74, 6) is 0.913. The smallest absolute Gasteiger partial charge is 0.259 e. The molecule has 3 aromatic heterocycles. The molecular weight excluding hydrogens is 482 g/mol. The highest BCUT2D eigenvalue weighted by Gasteiger charge is 2.48. The van der Waals surface area contributed by atoms with E-state index in [1.54, 1.807) is 36.1 Å². The van der Waals surface area contributed by atoms with E-state index in [2.05, 4.69) is 33.2 Å². The molecule has 7 rings (SSSR count). The zero-order valence-corrected chi connectivity index (χ0v) is 21.6. The fraction of sp³-hybridized carbons (Fsp3) is 0.464. The number of hydrogen-bond donors (Lipinski definition) is 1. The highest BCUT2D eigenvalue weighted by molar-refractivity contribution is 6.09. The fourth-order valence-corrected chi connectivity index (χ4v) is 6.31. The lowest BCUT2D eigenvalue weighted by atomic mass is 9.64. The summed E-state index contributed by atoms with van der Waals surface area (Å²) in [6.07, 6.45) is 12.5. The molecule has 10 nitrogen and oxygen atoms in total. The minimum atomic E-state index is -0.260. The average Bonchev–Trinajstić information content (AvgIpc) is 3.46. The van der Waals surface area contributed by atoms with E-state index >= 15 is 0 Å². The molecule has 1 aliphatic heterocycles. The number of ether oxygens (including phenoxy) is 1. The fourth-order valence-electron chi connectivity index (χ4n) is 6.31. The minimum Gasteiger partial charge on any atom is -0.490 e. The summed E-state index contributed by atoms with van der Waals surface area (Å²) in [7, 11) is 0. The first-order chi connectivity index (χ1) is 18.4. The van der Waals surface area contributed by atoms with Crippen LogP contribution in [-0.4, -0.2) is 60.3 Å². The van der Waals surface area contributed by atoms with Crippen molar-refractivity contribution in [3.63, 3.8) is 0 Å². The zero-order valence-electron chi connectivity index (χ0n) is 21.6. The molecule has 2 aliphatic carbocycles. The number of anilines is 1. The predicted octanol–water partition coefficient (Wildman–Crippen LogP) is 4.08. The van der Waals surface area contributed by atoms with Crippen molar-refractivity contribution in [1.29, 1.82) is 0 Å². The molecule has 1 spiro atoms. The van der Waals surface area contributed by atoms with Crippen molar-refractivity contribution in [3.8, 4) is 5.75 Å². The van der Waals surface area contributed by atoms with Crippen LogP contribution in [0.1, 0.15) is 62.4 Å². The van der Waals surface area contributed by atoms with Gasteiger partial charge in [0.25, 0.3) is 5.91 Å². The third kappa shape index (κ3) is 3.99. The van der Waals surface area contributed by atoms with Gasteiger partial charge in [0.2, 0.25) is 5.91 Å². The topological polar surface area (TPSA) is 107 Å². The second kappa shape index (κ2) is 8.54. The van der Waals surface area contributed by atoms with Crippen molar-refractivity contribution in [2.75, 3.05) is 18.4 Å². The van der Waals surface area contributed by atoms with Crippen LogP contribution in [0, 0.1) is 11.3 Å². The first-order valence-electron chi connectivity index (χ1n) is 13.4. The number of nitrogens with zero attached hydrogens (tertiary/aromatic N) is 6. The molecule has 1 N–H and O–H groups in total. The van der Waals surface area contributed by atoms with Gasteiger partial charge >= 0.3 is 0 Å². The average molecular weight is 514 g/mol. The molecule has 2 amide bonds. The first-order valence-corrected chi connectivity index (χ1v) is 13.4. The SMILES string of the molecule is CC(=O)N1CC2(CC[C@@H](n3cc4cc(C(=O)Nc5cnn6cccnc56)c(OC5CC5)cc4n3)[C@@H](C)C2)C1. The highest BCUT2D eigenvalue weighted by atomic mass is 16.5. The normalized spacial score (nSPS) is 22.5. The van der Waals surface area contributed by atoms with Crippen LogP contribution in [0.15, 0.2) is 43.0 Å². The van der Waals surface area contributed by atoms with Gasteiger partial charge in [-0.1, -0.05) is 6.92 Å². The molecule has 196 valence electrons. The van der Waals surface area contributed by atoms with Crippen LogP contribution in [0.25, 0.3) is 16.6 Å². The molecule has 1 aromatic carbocycles. The summed E-state index contributed by atoms with van der Waals surface area (Å²) in [6.45, 7) is 5.70. The van der Waals surface area contributed by atoms with Gasteiger partial charge in [0.1, 0.15) is 11.4 Å². The maximum absolute atomic E-state index is 13.5. The van der Waals surface area contributed by atoms with Crippen LogP contribution < -0.4 is 10.1 Å². The van der Waals surface area contributed by atoms with Crippen molar-refractivity contribution >= 4 is 34.1 Å². The van der Waals surface area contributed by atoms with Crippen LogP contribution >= 0.6 is 0 Å². The summed E-state index contributed by atoms with van der Waals surface area (Å²) in [6, 6.07) is 5.86. The molecular formula is C28H31N7O3. The van der Waals surface area contributed by atoms with Gasteiger partial charge in [-0.3, -0.25) is 14.3 Å². The van der Waals surface area contributed by atoms with Gasteiger partial charge in [-0.15, -0.1) is 0 Å². The van der Waals surface area contributed by atoms with Gasteiger partial charge in [0.05, 0.1) is 29.4 Å². The van der Waals surface area contributed by atoms with Crippen LogP contribution in [0.4, 0.5) is 5.69 Å². The van der Waals surface area contributed by atoms with Crippen LogP contribution in [0.2, 0.25) is 0 Å². The van der Waals surface area contributed by atoms with Gasteiger partial charge in [0, 0.05) is 55.5 Å². The standard InChI is InChI=1S/C28H31N7O3/c1-17-12-28(15-33(16-28)18(2)36)7-6-24(17)35-14-19-10-21(25(11-22(19)32-35)38-20-4-5-20)27(37)31-23-13-30-34-9-3-8-29-26(23)34/h3,8-11,13-14,17,20,24H,4-7,12,15-16H2,1-2H3,(H,31,37)/t17-,24+/m0/s1. The molecule has 4 aromatic rings. The van der Waals surface area contributed by atoms with Gasteiger partial charge in [-0.05, 0) is 50.2 Å². The monoisotopic (exact) mass is 513 g/mol. The Morgan fingerprint density at radius 2 is 2.03 bits per heavy atom. The third-order valence-electron chi connectivity index (χ3n) is 8.43. The van der Waals surface area contributed by atoms with Gasteiger partial charge in [0.15, 0.2) is 5.65 Å². The molecule has 2 atom stereocenters. The number of nitrogens with one attached hydrogen (secondary N) is 1. The van der Waals surface area contributed by atoms with Gasteiger partial charge < -0.3 is 15.0 Å². The van der Waals surface area contributed by atoms with E-state index in [0.717, 1.165) is 56.1 Å². The molecule has 3 fully saturated rings. The number of rotatable bonds is 5. The Hall–Kier alpha value is -3.95. The number of amides is 2. The quantitative estimate of drug-likeness (QED) is 0.431. The number of carbonyl (C=O) groups is 2. The van der Waals surface area contributed by atoms with Crippen LogP contribution in [-0.2, 0) is 4.79 Å². The lowest BCUT2D eigenvalue weighted by molar-refractivity contribution is -0.145. The highest BCUT2D eigenvalue weighted by Crippen LogP contribution is 2.49. The Balaban J connectivity index is 1.16. The van der Waals surface area contributed by atoms with E-state index in [-0.39, 0.29) is 29.4 Å². The number of fused-ring (bicyclic) bond motifs is 2. The molecule has 4 heterocycles. The number of hydrogen-bond acceptors (Lipinski definition) is 6. The van der Waals surface area contributed by atoms with Gasteiger partial charge in [-0.25, -0.2) is 9.50 Å². The third-order valence-corrected chi connectivity index (χ3v) is 8.43. The summed E-state index contributed by atoms with van der Waals surface area (Å²) >= 11 is 0. The maximum Gasteiger partial charge on any atom is 0.259 e. The first kappa shape index (κ1) is 23.2. The Kier molecular flexibility index (Phi) is 5.21. The van der Waals surface area contributed by atoms with E-state index in [1.807, 2.05) is 17.0 Å². The number of aromatic nitrogens is 5. The summed E-state index contributed by atoms with van der Waals surface area (Å²) in [5.41, 5.74) is 2.70. The van der Waals surface area contributed by atoms with E-state index < -0.39 is 0 Å². The van der Waals surface area contributed by atoms with Crippen molar-refractivity contribution in [2.24, 2.45) is 11.3 Å². The van der Waals surface area contributed by atoms with Crippen molar-refractivity contribution in [1.82, 2.24) is 29.3 Å². The Labute approximate surface area is 220 Å². The molecule has 38 heavy (non-hydrogen) atoms. The maximum atomic E-state index is 13.5. The second-order valence-corrected chi connectivity index (χ2v) is 11.4. The number of benzene rings is 1. The zero-order chi connectivity index (χ0) is 26.0. The molecule has 0 radical (unpaired) electrons. The van der Waals surface area contributed by atoms with Crippen LogP contribution in [0.5, 0.6) is 5.75 Å². The molecule has 3 aliphatic rings. The van der Waals surface area contributed by atoms with E-state index in [0.29, 0.717) is 28.6 Å². The van der Waals surface area contributed by atoms with E-state index in [4.69, 9.17) is 9.84 Å². The number of likely N-dealkylation sites (tertiary alicyclic amines) is 1. The van der Waals surface area contributed by atoms with E-state index in [1.165, 1.54) is 0 Å². The minimum absolute atomic E-state index is 0.145. The predicted molar refractivity (Wildman–Crippen MR) is 141 cm³/mol. The molecule has 2 saturated carbocycles. The van der Waals surface area contributed by atoms with Crippen molar-refractivity contribution in [3.05, 3.63) is 48.5 Å². The Morgan fingerprint density at radius 1 is 1.18 bits per heavy atom. The van der Waals surface area contributed by atoms with E-state index in [9.17, 15) is 9.59 Å². The largest absolute Gasteiger partial charge is 0.490 e.